The Bertz CT molecular complexity index is 1520. The molecule has 0 bridgehead atoms. The van der Waals surface area contributed by atoms with E-state index in [0.29, 0.717) is 28.6 Å². The highest BCUT2D eigenvalue weighted by Crippen LogP contribution is 2.29. The van der Waals surface area contributed by atoms with Gasteiger partial charge in [0.15, 0.2) is 0 Å². The van der Waals surface area contributed by atoms with Crippen LogP contribution in [0.1, 0.15) is 23.1 Å². The zero-order chi connectivity index (χ0) is 28.4. The van der Waals surface area contributed by atoms with Gasteiger partial charge in [0.1, 0.15) is 13.1 Å². The van der Waals surface area contributed by atoms with Crippen LogP contribution in [0, 0.1) is 0 Å². The highest BCUT2D eigenvalue weighted by Gasteiger charge is 2.30. The van der Waals surface area contributed by atoms with Gasteiger partial charge < -0.3 is 20.9 Å². The van der Waals surface area contributed by atoms with Crippen molar-refractivity contribution in [2.75, 3.05) is 13.1 Å². The number of carboxylic acids is 1. The van der Waals surface area contributed by atoms with Gasteiger partial charge in [-0.2, -0.15) is 13.2 Å². The summed E-state index contributed by atoms with van der Waals surface area (Å²) in [4.78, 5) is 29.2. The summed E-state index contributed by atoms with van der Waals surface area (Å²) in [6.07, 6.45) is -1.73. The minimum absolute atomic E-state index is 0.158. The monoisotopic (exact) mass is 584 g/mol. The third-order valence-corrected chi connectivity index (χ3v) is 8.00. The van der Waals surface area contributed by atoms with Gasteiger partial charge in [-0.05, 0) is 48.2 Å². The number of nitrogens with two attached hydrogens (primary N) is 1. The van der Waals surface area contributed by atoms with E-state index in [1.165, 1.54) is 17.3 Å². The number of benzene rings is 2. The fourth-order valence-corrected chi connectivity index (χ4v) is 5.48. The Labute approximate surface area is 224 Å². The first-order valence-electron chi connectivity index (χ1n) is 11.4. The number of rotatable bonds is 10. The van der Waals surface area contributed by atoms with Crippen LogP contribution in [0.25, 0.3) is 10.2 Å². The van der Waals surface area contributed by atoms with Crippen molar-refractivity contribution >= 4 is 43.5 Å². The van der Waals surface area contributed by atoms with Crippen molar-refractivity contribution in [2.45, 2.75) is 29.9 Å². The third-order valence-electron chi connectivity index (χ3n) is 5.66. The van der Waals surface area contributed by atoms with Crippen molar-refractivity contribution in [1.82, 2.24) is 25.9 Å². The van der Waals surface area contributed by atoms with Crippen LogP contribution in [0.2, 0.25) is 0 Å². The highest BCUT2D eigenvalue weighted by molar-refractivity contribution is 7.91. The Morgan fingerprint density at radius 2 is 1.79 bits per heavy atom. The lowest BCUT2D eigenvalue weighted by atomic mass is 10.1. The summed E-state index contributed by atoms with van der Waals surface area (Å²) in [6.45, 7) is -1.05. The van der Waals surface area contributed by atoms with E-state index in [-0.39, 0.29) is 17.4 Å². The molecule has 4 rings (SSSR count). The molecule has 3 aromatic rings. The number of thiazole rings is 1. The van der Waals surface area contributed by atoms with Crippen LogP contribution in [0.5, 0.6) is 0 Å². The number of allylic oxidation sites excluding steroid dienone is 1. The zero-order valence-corrected chi connectivity index (χ0v) is 21.7. The number of primary sulfonamides is 1. The number of hydrogen-bond donors (Lipinski definition) is 4. The van der Waals surface area contributed by atoms with Gasteiger partial charge in [0, 0.05) is 18.4 Å². The predicted molar refractivity (Wildman–Crippen MR) is 135 cm³/mol. The maximum Gasteiger partial charge on any atom is 0.416 e. The lowest BCUT2D eigenvalue weighted by Crippen LogP contribution is -2.48. The van der Waals surface area contributed by atoms with E-state index in [2.05, 4.69) is 15.8 Å². The summed E-state index contributed by atoms with van der Waals surface area (Å²) in [5.74, 6) is -1.82. The summed E-state index contributed by atoms with van der Waals surface area (Å²) >= 11 is 0.984. The maximum atomic E-state index is 12.8. The van der Waals surface area contributed by atoms with Gasteiger partial charge in [0.25, 0.3) is 10.0 Å². The number of carbonyl (C=O) groups excluding carboxylic acids is 1. The smallest absolute Gasteiger partial charge is 0.416 e. The lowest BCUT2D eigenvalue weighted by molar-refractivity contribution is -0.145. The van der Waals surface area contributed by atoms with Gasteiger partial charge in [-0.25, -0.2) is 18.5 Å². The van der Waals surface area contributed by atoms with Crippen LogP contribution < -0.4 is 16.0 Å². The number of nitrogens with zero attached hydrogens (tertiary/aromatic N) is 3. The Morgan fingerprint density at radius 3 is 2.44 bits per heavy atom. The van der Waals surface area contributed by atoms with Crippen LogP contribution in [-0.2, 0) is 38.8 Å². The van der Waals surface area contributed by atoms with Crippen molar-refractivity contribution in [3.05, 3.63) is 71.1 Å². The lowest BCUT2D eigenvalue weighted by Gasteiger charge is -2.24. The minimum atomic E-state index is -4.50. The number of hydrazine groups is 2. The first-order valence-corrected chi connectivity index (χ1v) is 13.7. The van der Waals surface area contributed by atoms with Crippen LogP contribution in [0.15, 0.2) is 58.7 Å². The number of carbonyl (C=O) groups is 2. The molecule has 0 fully saturated rings. The first-order chi connectivity index (χ1) is 18.3. The van der Waals surface area contributed by atoms with E-state index in [1.807, 2.05) is 12.1 Å². The number of halogens is 3. The Balaban J connectivity index is 1.31. The largest absolute Gasteiger partial charge is 0.480 e. The van der Waals surface area contributed by atoms with E-state index in [9.17, 15) is 36.3 Å². The van der Waals surface area contributed by atoms with Gasteiger partial charge in [-0.1, -0.05) is 18.2 Å². The van der Waals surface area contributed by atoms with E-state index in [1.54, 1.807) is 12.3 Å². The second-order valence-corrected chi connectivity index (χ2v) is 11.4. The van der Waals surface area contributed by atoms with E-state index < -0.39 is 40.2 Å². The van der Waals surface area contributed by atoms with Crippen molar-refractivity contribution < 1.29 is 36.3 Å². The molecule has 1 aliphatic heterocycles. The molecular weight excluding hydrogens is 561 g/mol. The third kappa shape index (κ3) is 7.44. The standard InChI is InChI=1S/C23H23F3N6O5S2/c24-23(25,26)16-5-1-15(2-6-16)11-31(13-21(34)35)20(33)12-32-28-10-17(30-32)7-3-14-4-8-18-19(9-14)38-22(29-18)39(27,36)37/h1-2,4-6,8-10,28,30H,3,7,11-13H2,(H,34,35)(H2,27,36,37). The number of amides is 1. The molecule has 1 aromatic heterocycles. The molecular formula is C23H23F3N6O5S2. The molecule has 0 saturated carbocycles. The number of aromatic nitrogens is 1. The first kappa shape index (κ1) is 28.3. The van der Waals surface area contributed by atoms with Crippen LogP contribution >= 0.6 is 11.3 Å². The van der Waals surface area contributed by atoms with Crippen molar-refractivity contribution in [3.8, 4) is 0 Å². The fourth-order valence-electron chi connectivity index (χ4n) is 3.76. The summed E-state index contributed by atoms with van der Waals surface area (Å²) in [7, 11) is -3.89. The zero-order valence-electron chi connectivity index (χ0n) is 20.1. The SMILES string of the molecule is NS(=O)(=O)c1nc2ccc(CCC3=CNN(CC(=O)N(CC(=O)O)Cc4ccc(C(F)(F)F)cc4)N3)cc2s1. The molecule has 0 aliphatic carbocycles. The predicted octanol–water partition coefficient (Wildman–Crippen LogP) is 2.17. The second-order valence-electron chi connectivity index (χ2n) is 8.66. The van der Waals surface area contributed by atoms with Gasteiger partial charge in [0.05, 0.1) is 15.8 Å². The summed E-state index contributed by atoms with van der Waals surface area (Å²) in [6, 6.07) is 9.53. The van der Waals surface area contributed by atoms with Gasteiger partial charge in [-0.15, -0.1) is 16.5 Å². The molecule has 16 heteroatoms. The van der Waals surface area contributed by atoms with Crippen LogP contribution in [-0.4, -0.2) is 53.5 Å². The number of nitrogens with one attached hydrogen (secondary N) is 2. The van der Waals surface area contributed by atoms with E-state index in [4.69, 9.17) is 5.14 Å². The molecule has 11 nitrogen and oxygen atoms in total. The number of aliphatic carboxylic acids is 1. The number of fused-ring (bicyclic) bond motifs is 1. The molecule has 0 unspecified atom stereocenters. The maximum absolute atomic E-state index is 12.8. The number of aryl methyl sites for hydroxylation is 1. The topological polar surface area (TPSA) is 158 Å². The molecule has 0 atom stereocenters. The highest BCUT2D eigenvalue weighted by atomic mass is 32.2. The molecule has 0 radical (unpaired) electrons. The number of alkyl halides is 3. The summed E-state index contributed by atoms with van der Waals surface area (Å²) in [5, 5.41) is 15.7. The fraction of sp³-hybridized carbons (Fsp3) is 0.261. The molecule has 2 aromatic carbocycles. The molecule has 5 N–H and O–H groups in total. The van der Waals surface area contributed by atoms with Gasteiger partial charge in [0.2, 0.25) is 10.2 Å². The van der Waals surface area contributed by atoms with Gasteiger partial charge in [-0.3, -0.25) is 9.59 Å². The van der Waals surface area contributed by atoms with Crippen molar-refractivity contribution in [3.63, 3.8) is 0 Å². The molecule has 1 amide bonds. The normalized spacial score (nSPS) is 14.1. The quantitative estimate of drug-likeness (QED) is 0.280. The molecule has 1 aliphatic rings. The average molecular weight is 585 g/mol. The van der Waals surface area contributed by atoms with Crippen molar-refractivity contribution in [1.29, 1.82) is 0 Å². The van der Waals surface area contributed by atoms with E-state index >= 15 is 0 Å². The minimum Gasteiger partial charge on any atom is -0.480 e. The van der Waals surface area contributed by atoms with Gasteiger partial charge >= 0.3 is 12.1 Å². The number of hydrogen-bond acceptors (Lipinski definition) is 9. The van der Waals surface area contributed by atoms with Crippen molar-refractivity contribution in [2.24, 2.45) is 5.14 Å². The molecule has 208 valence electrons. The Kier molecular flexibility index (Phi) is 8.10. The summed E-state index contributed by atoms with van der Waals surface area (Å²) < 4.78 is 62.0. The number of carboxylic acid groups (broad SMARTS) is 1. The molecule has 2 heterocycles. The number of sulfonamides is 1. The second kappa shape index (κ2) is 11.2. The van der Waals surface area contributed by atoms with Crippen LogP contribution in [0.4, 0.5) is 13.2 Å². The van der Waals surface area contributed by atoms with E-state index in [0.717, 1.165) is 39.6 Å². The molecule has 0 saturated heterocycles. The Hall–Kier alpha value is -3.73. The molecule has 0 spiro atoms. The average Bonchev–Trinajstić information content (AvgIpc) is 3.48. The Morgan fingerprint density at radius 1 is 1.10 bits per heavy atom. The van der Waals surface area contributed by atoms with Crippen LogP contribution in [0.3, 0.4) is 0 Å². The summed E-state index contributed by atoms with van der Waals surface area (Å²) in [5.41, 5.74) is 7.58. The molecule has 39 heavy (non-hydrogen) atoms.